The zero-order valence-corrected chi connectivity index (χ0v) is 21.6. The molecule has 0 aliphatic carbocycles. The number of aromatic hydroxyl groups is 1. The Labute approximate surface area is 225 Å². The Balaban J connectivity index is 1.45. The summed E-state index contributed by atoms with van der Waals surface area (Å²) < 4.78 is 41.9. The van der Waals surface area contributed by atoms with Crippen molar-refractivity contribution in [3.05, 3.63) is 99.2 Å². The molecule has 4 aromatic rings. The lowest BCUT2D eigenvalue weighted by atomic mass is 10.1. The molecule has 1 heterocycles. The molecule has 0 spiro atoms. The second-order valence-electron chi connectivity index (χ2n) is 8.21. The molecule has 3 N–H and O–H groups in total. The van der Waals surface area contributed by atoms with E-state index in [0.717, 1.165) is 34.5 Å². The summed E-state index contributed by atoms with van der Waals surface area (Å²) in [5.74, 6) is -0.178. The fraction of sp³-hybridized carbons (Fsp3) is 0.111. The number of amidine groups is 1. The van der Waals surface area contributed by atoms with E-state index < -0.39 is 6.36 Å². The van der Waals surface area contributed by atoms with E-state index >= 15 is 0 Å². The highest BCUT2D eigenvalue weighted by atomic mass is 32.1. The minimum Gasteiger partial charge on any atom is -0.493 e. The van der Waals surface area contributed by atoms with Crippen LogP contribution in [-0.2, 0) is 0 Å². The van der Waals surface area contributed by atoms with Crippen LogP contribution in [0.25, 0.3) is 0 Å². The van der Waals surface area contributed by atoms with Gasteiger partial charge < -0.3 is 15.6 Å². The van der Waals surface area contributed by atoms with Gasteiger partial charge in [-0.2, -0.15) is 9.78 Å². The molecule has 8 nitrogen and oxygen atoms in total. The summed E-state index contributed by atoms with van der Waals surface area (Å²) in [5, 5.41) is 16.2. The minimum absolute atomic E-state index is 0.0314. The van der Waals surface area contributed by atoms with Crippen molar-refractivity contribution in [2.24, 2.45) is 25.8 Å². The average molecular weight is 553 g/mol. The lowest BCUT2D eigenvalue weighted by Gasteiger charge is -2.08. The van der Waals surface area contributed by atoms with Gasteiger partial charge in [-0.25, -0.2) is 15.0 Å². The molecular formula is C27H23F3N6O2S. The van der Waals surface area contributed by atoms with Gasteiger partial charge in [0.2, 0.25) is 10.7 Å². The lowest BCUT2D eigenvalue weighted by Crippen LogP contribution is -2.16. The van der Waals surface area contributed by atoms with Gasteiger partial charge >= 0.3 is 6.36 Å². The average Bonchev–Trinajstić information content (AvgIpc) is 3.24. The maximum Gasteiger partial charge on any atom is 0.573 e. The van der Waals surface area contributed by atoms with Gasteiger partial charge in [0.1, 0.15) is 17.9 Å². The summed E-state index contributed by atoms with van der Waals surface area (Å²) in [6, 6.07) is 18.0. The monoisotopic (exact) mass is 552 g/mol. The first-order valence-electron chi connectivity index (χ1n) is 11.5. The largest absolute Gasteiger partial charge is 0.573 e. The number of hydrogen-bond acceptors (Lipinski definition) is 6. The van der Waals surface area contributed by atoms with E-state index in [-0.39, 0.29) is 17.5 Å². The van der Waals surface area contributed by atoms with Gasteiger partial charge in [-0.15, -0.1) is 13.2 Å². The predicted octanol–water partition coefficient (Wildman–Crippen LogP) is 5.95. The third-order valence-electron chi connectivity index (χ3n) is 5.32. The molecule has 0 aliphatic rings. The van der Waals surface area contributed by atoms with E-state index in [4.69, 9.17) is 10.7 Å². The molecule has 0 amide bonds. The van der Waals surface area contributed by atoms with Crippen molar-refractivity contribution in [1.29, 1.82) is 0 Å². The van der Waals surface area contributed by atoms with Gasteiger partial charge in [-0.05, 0) is 54.8 Å². The Kier molecular flexibility index (Phi) is 8.25. The molecule has 1 aromatic heterocycles. The van der Waals surface area contributed by atoms with Gasteiger partial charge in [0.25, 0.3) is 0 Å². The summed E-state index contributed by atoms with van der Waals surface area (Å²) in [4.78, 5) is 13.3. The molecule has 0 unspecified atom stereocenters. The fourth-order valence-corrected chi connectivity index (χ4v) is 4.09. The highest BCUT2D eigenvalue weighted by Gasteiger charge is 2.30. The molecule has 39 heavy (non-hydrogen) atoms. The zero-order chi connectivity index (χ0) is 28.0. The molecule has 200 valence electrons. The van der Waals surface area contributed by atoms with Gasteiger partial charge in [-0.1, -0.05) is 53.8 Å². The number of nitrogens with zero attached hydrogens (tertiary/aromatic N) is 5. The Bertz CT molecular complexity index is 1580. The van der Waals surface area contributed by atoms with E-state index in [0.29, 0.717) is 16.1 Å². The summed E-state index contributed by atoms with van der Waals surface area (Å²) in [7, 11) is 0. The second-order valence-corrected chi connectivity index (χ2v) is 9.04. The molecule has 3 aromatic carbocycles. The normalized spacial score (nSPS) is 13.1. The number of nitrogens with two attached hydrogens (primary N) is 1. The first-order chi connectivity index (χ1) is 18.6. The zero-order valence-electron chi connectivity index (χ0n) is 20.8. The number of benzene rings is 3. The van der Waals surface area contributed by atoms with Crippen LogP contribution in [0.5, 0.6) is 11.6 Å². The number of thiazole rings is 1. The maximum absolute atomic E-state index is 12.3. The van der Waals surface area contributed by atoms with Crippen molar-refractivity contribution < 1.29 is 23.0 Å². The summed E-state index contributed by atoms with van der Waals surface area (Å²) in [5.41, 5.74) is 10.7. The SMILES string of the molecule is Cc1cccc(C)c1N=c1scc(O)n1/N=C\c1ccc(C(N)=NC=Nc2ccc(OC(F)(F)F)cc2)cc1. The number of halogens is 3. The van der Waals surface area contributed by atoms with Gasteiger partial charge in [0.15, 0.2) is 0 Å². The highest BCUT2D eigenvalue weighted by Crippen LogP contribution is 2.25. The number of ether oxygens (including phenoxy) is 1. The molecule has 0 saturated carbocycles. The van der Waals surface area contributed by atoms with Crippen LogP contribution >= 0.6 is 11.3 Å². The van der Waals surface area contributed by atoms with Gasteiger partial charge in [0.05, 0.1) is 23.0 Å². The first-order valence-corrected chi connectivity index (χ1v) is 12.3. The van der Waals surface area contributed by atoms with Crippen molar-refractivity contribution in [3.8, 4) is 11.6 Å². The van der Waals surface area contributed by atoms with E-state index in [9.17, 15) is 18.3 Å². The smallest absolute Gasteiger partial charge is 0.493 e. The van der Waals surface area contributed by atoms with Crippen molar-refractivity contribution in [2.45, 2.75) is 20.2 Å². The quantitative estimate of drug-likeness (QED) is 0.218. The van der Waals surface area contributed by atoms with Crippen LogP contribution in [-0.4, -0.2) is 34.5 Å². The van der Waals surface area contributed by atoms with Crippen LogP contribution in [0, 0.1) is 13.8 Å². The Morgan fingerprint density at radius 3 is 2.31 bits per heavy atom. The Morgan fingerprint density at radius 2 is 1.67 bits per heavy atom. The molecule has 0 atom stereocenters. The van der Waals surface area contributed by atoms with E-state index in [1.54, 1.807) is 35.9 Å². The van der Waals surface area contributed by atoms with Crippen molar-refractivity contribution in [1.82, 2.24) is 4.68 Å². The summed E-state index contributed by atoms with van der Waals surface area (Å²) in [6.45, 7) is 3.95. The van der Waals surface area contributed by atoms with Crippen LogP contribution in [0.1, 0.15) is 22.3 Å². The minimum atomic E-state index is -4.75. The van der Waals surface area contributed by atoms with E-state index in [1.165, 1.54) is 34.5 Å². The number of hydrogen-bond donors (Lipinski definition) is 2. The Morgan fingerprint density at radius 1 is 1.00 bits per heavy atom. The third-order valence-corrected chi connectivity index (χ3v) is 6.12. The topological polar surface area (TPSA) is 110 Å². The van der Waals surface area contributed by atoms with Crippen LogP contribution < -0.4 is 15.3 Å². The predicted molar refractivity (Wildman–Crippen MR) is 147 cm³/mol. The maximum atomic E-state index is 12.3. The molecule has 0 fully saturated rings. The molecular weight excluding hydrogens is 529 g/mol. The summed E-state index contributed by atoms with van der Waals surface area (Å²) >= 11 is 1.28. The van der Waals surface area contributed by atoms with Crippen LogP contribution in [0.3, 0.4) is 0 Å². The highest BCUT2D eigenvalue weighted by molar-refractivity contribution is 7.07. The number of alkyl halides is 3. The molecule has 12 heteroatoms. The van der Waals surface area contributed by atoms with Crippen molar-refractivity contribution >= 4 is 41.1 Å². The molecule has 4 rings (SSSR count). The number of aliphatic imine (C=N–C) groups is 2. The van der Waals surface area contributed by atoms with Crippen LogP contribution in [0.4, 0.5) is 24.5 Å². The lowest BCUT2D eigenvalue weighted by molar-refractivity contribution is -0.274. The molecule has 0 radical (unpaired) electrons. The standard InChI is InChI=1S/C27H23F3N6O2S/c1-17-4-3-5-18(2)24(17)35-26-36(23(37)15-39-26)34-14-19-6-8-20(9-7-19)25(31)33-16-32-21-10-12-22(13-11-21)38-27(28,29)30/h3-16,37H,1-2H3,(H2,31,32,33)/b34-14-,35-26?. The first kappa shape index (κ1) is 27.3. The summed E-state index contributed by atoms with van der Waals surface area (Å²) in [6.07, 6.45) is -1.96. The van der Waals surface area contributed by atoms with E-state index in [1.807, 2.05) is 32.0 Å². The van der Waals surface area contributed by atoms with Gasteiger partial charge in [-0.3, -0.25) is 0 Å². The van der Waals surface area contributed by atoms with Crippen LogP contribution in [0.15, 0.2) is 92.2 Å². The number of aromatic nitrogens is 1. The molecule has 0 aliphatic heterocycles. The van der Waals surface area contributed by atoms with Gasteiger partial charge in [0, 0.05) is 5.56 Å². The van der Waals surface area contributed by atoms with Crippen molar-refractivity contribution in [2.75, 3.05) is 0 Å². The van der Waals surface area contributed by atoms with E-state index in [2.05, 4.69) is 19.8 Å². The molecule has 0 saturated heterocycles. The third kappa shape index (κ3) is 7.42. The Hall–Kier alpha value is -4.71. The number of rotatable bonds is 7. The number of para-hydroxylation sites is 1. The number of aryl methyl sites for hydroxylation is 2. The fourth-order valence-electron chi connectivity index (χ4n) is 3.39. The van der Waals surface area contributed by atoms with Crippen LogP contribution in [0.2, 0.25) is 0 Å². The second kappa shape index (κ2) is 11.8. The molecule has 0 bridgehead atoms. The van der Waals surface area contributed by atoms with Crippen molar-refractivity contribution in [3.63, 3.8) is 0 Å².